The summed E-state index contributed by atoms with van der Waals surface area (Å²) in [6, 6.07) is 5.90. The first-order valence-electron chi connectivity index (χ1n) is 6.79. The van der Waals surface area contributed by atoms with Gasteiger partial charge in [-0.15, -0.1) is 11.3 Å². The van der Waals surface area contributed by atoms with Crippen molar-refractivity contribution in [2.45, 2.75) is 13.3 Å². The molecule has 0 bridgehead atoms. The van der Waals surface area contributed by atoms with E-state index in [1.165, 1.54) is 18.4 Å². The minimum Gasteiger partial charge on any atom is -0.454 e. The summed E-state index contributed by atoms with van der Waals surface area (Å²) in [5.74, 6) is 1.34. The maximum atomic E-state index is 11.5. The van der Waals surface area contributed by atoms with Crippen molar-refractivity contribution < 1.29 is 19.0 Å². The topological polar surface area (TPSA) is 69.7 Å². The Hall–Kier alpha value is -2.12. The van der Waals surface area contributed by atoms with E-state index in [4.69, 9.17) is 14.2 Å². The number of methoxy groups -OCH3 is 1. The standard InChI is InChI=1S/C15H16N2O4S/c1-9-13(22-15(16-9)17-14(18)7-19-2)6-10-3-4-11-12(5-10)21-8-20-11/h3-5H,6-8H2,1-2H3,(H,16,17,18). The summed E-state index contributed by atoms with van der Waals surface area (Å²) in [5, 5.41) is 3.32. The highest BCUT2D eigenvalue weighted by atomic mass is 32.1. The summed E-state index contributed by atoms with van der Waals surface area (Å²) in [5.41, 5.74) is 2.03. The van der Waals surface area contributed by atoms with Crippen molar-refractivity contribution in [1.82, 2.24) is 4.98 Å². The Kier molecular flexibility index (Phi) is 4.26. The number of rotatable bonds is 5. The average Bonchev–Trinajstić information content (AvgIpc) is 3.06. The fraction of sp³-hybridized carbons (Fsp3) is 0.333. The van der Waals surface area contributed by atoms with E-state index in [1.54, 1.807) is 0 Å². The monoisotopic (exact) mass is 320 g/mol. The second-order valence-electron chi connectivity index (χ2n) is 4.87. The second kappa shape index (κ2) is 6.33. The lowest BCUT2D eigenvalue weighted by molar-refractivity contribution is -0.119. The highest BCUT2D eigenvalue weighted by Gasteiger charge is 2.15. The average molecular weight is 320 g/mol. The van der Waals surface area contributed by atoms with E-state index in [1.807, 2.05) is 25.1 Å². The molecule has 0 aliphatic carbocycles. The Morgan fingerprint density at radius 1 is 1.41 bits per heavy atom. The van der Waals surface area contributed by atoms with Gasteiger partial charge in [0, 0.05) is 18.4 Å². The van der Waals surface area contributed by atoms with Crippen LogP contribution in [-0.2, 0) is 16.0 Å². The van der Waals surface area contributed by atoms with Crippen LogP contribution in [0.5, 0.6) is 11.5 Å². The van der Waals surface area contributed by atoms with Crippen molar-refractivity contribution in [2.75, 3.05) is 25.8 Å². The molecule has 1 amide bonds. The molecule has 0 saturated heterocycles. The van der Waals surface area contributed by atoms with Crippen molar-refractivity contribution in [3.63, 3.8) is 0 Å². The molecule has 6 nitrogen and oxygen atoms in total. The van der Waals surface area contributed by atoms with Crippen LogP contribution < -0.4 is 14.8 Å². The number of benzene rings is 1. The molecule has 22 heavy (non-hydrogen) atoms. The third-order valence-corrected chi connectivity index (χ3v) is 4.29. The summed E-state index contributed by atoms with van der Waals surface area (Å²) < 4.78 is 15.5. The van der Waals surface area contributed by atoms with Crippen LogP contribution in [0, 0.1) is 6.92 Å². The minimum atomic E-state index is -0.203. The first-order chi connectivity index (χ1) is 10.7. The van der Waals surface area contributed by atoms with Gasteiger partial charge in [-0.25, -0.2) is 4.98 Å². The number of aryl methyl sites for hydroxylation is 1. The number of fused-ring (bicyclic) bond motifs is 1. The van der Waals surface area contributed by atoms with Crippen molar-refractivity contribution in [3.8, 4) is 11.5 Å². The molecular formula is C15H16N2O4S. The molecule has 7 heteroatoms. The Morgan fingerprint density at radius 3 is 3.05 bits per heavy atom. The van der Waals surface area contributed by atoms with Gasteiger partial charge in [0.25, 0.3) is 5.91 Å². The number of anilines is 1. The number of ether oxygens (including phenoxy) is 3. The SMILES string of the molecule is COCC(=O)Nc1nc(C)c(Cc2ccc3c(c2)OCO3)s1. The summed E-state index contributed by atoms with van der Waals surface area (Å²) in [7, 11) is 1.48. The number of hydrogen-bond acceptors (Lipinski definition) is 6. The van der Waals surface area contributed by atoms with Crippen molar-refractivity contribution in [2.24, 2.45) is 0 Å². The van der Waals surface area contributed by atoms with E-state index in [9.17, 15) is 4.79 Å². The highest BCUT2D eigenvalue weighted by Crippen LogP contribution is 2.34. The van der Waals surface area contributed by atoms with Crippen molar-refractivity contribution in [1.29, 1.82) is 0 Å². The predicted octanol–water partition coefficient (Wildman–Crippen LogP) is 2.36. The van der Waals surface area contributed by atoms with Crippen LogP contribution in [0.15, 0.2) is 18.2 Å². The van der Waals surface area contributed by atoms with Gasteiger partial charge < -0.3 is 14.2 Å². The number of carbonyl (C=O) groups is 1. The smallest absolute Gasteiger partial charge is 0.252 e. The third kappa shape index (κ3) is 3.20. The molecule has 2 heterocycles. The van der Waals surface area contributed by atoms with E-state index in [0.717, 1.165) is 34.1 Å². The number of hydrogen-bond donors (Lipinski definition) is 1. The quantitative estimate of drug-likeness (QED) is 0.916. The van der Waals surface area contributed by atoms with Crippen LogP contribution in [0.4, 0.5) is 5.13 Å². The van der Waals surface area contributed by atoms with Gasteiger partial charge in [-0.3, -0.25) is 10.1 Å². The van der Waals surface area contributed by atoms with Crippen LogP contribution in [0.25, 0.3) is 0 Å². The number of thiazole rings is 1. The van der Waals surface area contributed by atoms with Gasteiger partial charge in [-0.05, 0) is 24.6 Å². The number of nitrogens with zero attached hydrogens (tertiary/aromatic N) is 1. The lowest BCUT2D eigenvalue weighted by Gasteiger charge is -2.02. The van der Waals surface area contributed by atoms with Crippen LogP contribution in [-0.4, -0.2) is 31.4 Å². The maximum Gasteiger partial charge on any atom is 0.252 e. The molecule has 1 aromatic carbocycles. The van der Waals surface area contributed by atoms with E-state index in [2.05, 4.69) is 10.3 Å². The number of carbonyl (C=O) groups excluding carboxylic acids is 1. The molecule has 116 valence electrons. The largest absolute Gasteiger partial charge is 0.454 e. The first kappa shape index (κ1) is 14.8. The molecule has 1 aliphatic heterocycles. The molecule has 1 N–H and O–H groups in total. The summed E-state index contributed by atoms with van der Waals surface area (Å²) in [6.45, 7) is 2.23. The first-order valence-corrected chi connectivity index (χ1v) is 7.61. The minimum absolute atomic E-state index is 0.0239. The van der Waals surface area contributed by atoms with Gasteiger partial charge in [-0.2, -0.15) is 0 Å². The summed E-state index contributed by atoms with van der Waals surface area (Å²) in [6.07, 6.45) is 0.736. The van der Waals surface area contributed by atoms with Crippen molar-refractivity contribution in [3.05, 3.63) is 34.3 Å². The van der Waals surface area contributed by atoms with Gasteiger partial charge in [0.05, 0.1) is 5.69 Å². The lowest BCUT2D eigenvalue weighted by Crippen LogP contribution is -2.16. The second-order valence-corrected chi connectivity index (χ2v) is 5.96. The molecule has 0 radical (unpaired) electrons. The number of amides is 1. The lowest BCUT2D eigenvalue weighted by atomic mass is 10.1. The molecule has 0 saturated carbocycles. The van der Waals surface area contributed by atoms with Crippen LogP contribution in [0.3, 0.4) is 0 Å². The van der Waals surface area contributed by atoms with Crippen molar-refractivity contribution >= 4 is 22.4 Å². The molecule has 1 aromatic heterocycles. The molecule has 0 unspecified atom stereocenters. The van der Waals surface area contributed by atoms with Gasteiger partial charge in [0.1, 0.15) is 6.61 Å². The van der Waals surface area contributed by atoms with Crippen LogP contribution in [0.1, 0.15) is 16.1 Å². The zero-order chi connectivity index (χ0) is 15.5. The Labute approximate surface area is 132 Å². The fourth-order valence-electron chi connectivity index (χ4n) is 2.17. The van der Waals surface area contributed by atoms with Crippen LogP contribution in [0.2, 0.25) is 0 Å². The molecule has 2 aromatic rings. The molecule has 0 atom stereocenters. The molecule has 1 aliphatic rings. The Balaban J connectivity index is 1.72. The Bertz CT molecular complexity index is 699. The van der Waals surface area contributed by atoms with Gasteiger partial charge in [-0.1, -0.05) is 6.07 Å². The zero-order valence-electron chi connectivity index (χ0n) is 12.3. The van der Waals surface area contributed by atoms with E-state index in [0.29, 0.717) is 5.13 Å². The molecular weight excluding hydrogens is 304 g/mol. The van der Waals surface area contributed by atoms with Gasteiger partial charge in [0.15, 0.2) is 16.6 Å². The van der Waals surface area contributed by atoms with E-state index < -0.39 is 0 Å². The van der Waals surface area contributed by atoms with E-state index in [-0.39, 0.29) is 19.3 Å². The molecule has 0 spiro atoms. The summed E-state index contributed by atoms with van der Waals surface area (Å²) in [4.78, 5) is 17.0. The Morgan fingerprint density at radius 2 is 2.23 bits per heavy atom. The third-order valence-electron chi connectivity index (χ3n) is 3.22. The fourth-order valence-corrected chi connectivity index (χ4v) is 3.18. The molecule has 0 fully saturated rings. The maximum absolute atomic E-state index is 11.5. The summed E-state index contributed by atoms with van der Waals surface area (Å²) >= 11 is 1.47. The molecule has 3 rings (SSSR count). The van der Waals surface area contributed by atoms with Crippen LogP contribution >= 0.6 is 11.3 Å². The normalized spacial score (nSPS) is 12.5. The number of nitrogens with one attached hydrogen (secondary N) is 1. The van der Waals surface area contributed by atoms with Gasteiger partial charge >= 0.3 is 0 Å². The highest BCUT2D eigenvalue weighted by molar-refractivity contribution is 7.15. The number of aromatic nitrogens is 1. The zero-order valence-corrected chi connectivity index (χ0v) is 13.2. The van der Waals surface area contributed by atoms with E-state index >= 15 is 0 Å². The predicted molar refractivity (Wildman–Crippen MR) is 82.7 cm³/mol. The van der Waals surface area contributed by atoms with Gasteiger partial charge in [0.2, 0.25) is 6.79 Å².